The van der Waals surface area contributed by atoms with E-state index < -0.39 is 21.9 Å². The molecule has 0 amide bonds. The second kappa shape index (κ2) is 6.88. The molecule has 8 heteroatoms. The molecule has 0 spiro atoms. The molecule has 0 aliphatic carbocycles. The summed E-state index contributed by atoms with van der Waals surface area (Å²) in [7, 11) is -3.85. The highest BCUT2D eigenvalue weighted by Gasteiger charge is 2.20. The van der Waals surface area contributed by atoms with Gasteiger partial charge in [0.15, 0.2) is 0 Å². The predicted molar refractivity (Wildman–Crippen MR) is 94.2 cm³/mol. The Morgan fingerprint density at radius 2 is 2.08 bits per heavy atom. The van der Waals surface area contributed by atoms with Crippen LogP contribution in [0.25, 0.3) is 10.2 Å². The number of hydrogen-bond acceptors (Lipinski definition) is 5. The zero-order valence-electron chi connectivity index (χ0n) is 13.2. The fourth-order valence-electron chi connectivity index (χ4n) is 2.40. The van der Waals surface area contributed by atoms with Gasteiger partial charge in [0, 0.05) is 12.5 Å². The quantitative estimate of drug-likeness (QED) is 0.742. The first-order valence-electron chi connectivity index (χ1n) is 7.45. The van der Waals surface area contributed by atoms with E-state index in [9.17, 15) is 12.8 Å². The maximum absolute atomic E-state index is 13.4. The number of hydrogen-bond donors (Lipinski definition) is 1. The fourth-order valence-corrected chi connectivity index (χ4v) is 4.77. The minimum Gasteiger partial charge on any atom is -0.241 e. The van der Waals surface area contributed by atoms with Crippen molar-refractivity contribution in [1.29, 1.82) is 5.26 Å². The molecular weight excluding hydrogens is 361 g/mol. The number of aromatic nitrogens is 1. The van der Waals surface area contributed by atoms with E-state index in [2.05, 4.69) is 9.71 Å². The average molecular weight is 375 g/mol. The smallest absolute Gasteiger partial charge is 0.240 e. The number of nitriles is 1. The van der Waals surface area contributed by atoms with Gasteiger partial charge in [-0.1, -0.05) is 12.1 Å². The van der Waals surface area contributed by atoms with E-state index in [-0.39, 0.29) is 10.5 Å². The van der Waals surface area contributed by atoms with Gasteiger partial charge in [0.05, 0.1) is 25.7 Å². The third kappa shape index (κ3) is 3.85. The average Bonchev–Trinajstić information content (AvgIpc) is 2.96. The molecule has 0 radical (unpaired) electrons. The standard InChI is InChI=1S/C17H14FN3O2S2/c1-11(8-17-20-15-4-2-3-5-16(15)24-17)21-25(22,23)13-6-7-14(18)12(9-13)10-19/h2-7,9,11,21H,8H2,1H3/t11-/m1/s1. The van der Waals surface area contributed by atoms with E-state index in [1.54, 1.807) is 13.0 Å². The van der Waals surface area contributed by atoms with Crippen LogP contribution >= 0.6 is 11.3 Å². The molecule has 0 saturated carbocycles. The van der Waals surface area contributed by atoms with Crippen LogP contribution < -0.4 is 4.72 Å². The van der Waals surface area contributed by atoms with Gasteiger partial charge >= 0.3 is 0 Å². The Morgan fingerprint density at radius 3 is 2.80 bits per heavy atom. The number of fused-ring (bicyclic) bond motifs is 1. The summed E-state index contributed by atoms with van der Waals surface area (Å²) in [6, 6.07) is 12.1. The first-order chi connectivity index (χ1) is 11.9. The Balaban J connectivity index is 1.77. The van der Waals surface area contributed by atoms with Gasteiger partial charge in [0.2, 0.25) is 10.0 Å². The molecular formula is C17H14FN3O2S2. The number of nitrogens with one attached hydrogen (secondary N) is 1. The van der Waals surface area contributed by atoms with Gasteiger partial charge in [0.25, 0.3) is 0 Å². The molecule has 0 aliphatic rings. The number of sulfonamides is 1. The molecule has 0 unspecified atom stereocenters. The van der Waals surface area contributed by atoms with Gasteiger partial charge in [-0.25, -0.2) is 22.5 Å². The van der Waals surface area contributed by atoms with Gasteiger partial charge < -0.3 is 0 Å². The fraction of sp³-hybridized carbons (Fsp3) is 0.176. The highest BCUT2D eigenvalue weighted by molar-refractivity contribution is 7.89. The van der Waals surface area contributed by atoms with E-state index in [4.69, 9.17) is 5.26 Å². The number of benzene rings is 2. The Morgan fingerprint density at radius 1 is 1.32 bits per heavy atom. The molecule has 0 saturated heterocycles. The van der Waals surface area contributed by atoms with Crippen LogP contribution in [0, 0.1) is 17.1 Å². The monoisotopic (exact) mass is 375 g/mol. The molecule has 1 N–H and O–H groups in total. The normalized spacial score (nSPS) is 12.8. The maximum Gasteiger partial charge on any atom is 0.240 e. The molecule has 2 aromatic carbocycles. The molecule has 1 aromatic heterocycles. The van der Waals surface area contributed by atoms with Crippen LogP contribution in [0.15, 0.2) is 47.4 Å². The summed E-state index contributed by atoms with van der Waals surface area (Å²) in [5, 5.41) is 9.67. The van der Waals surface area contributed by atoms with Crippen molar-refractivity contribution in [1.82, 2.24) is 9.71 Å². The third-order valence-electron chi connectivity index (χ3n) is 3.54. The lowest BCUT2D eigenvalue weighted by atomic mass is 10.2. The van der Waals surface area contributed by atoms with Crippen molar-refractivity contribution in [2.45, 2.75) is 24.3 Å². The van der Waals surface area contributed by atoms with E-state index in [1.165, 1.54) is 11.3 Å². The topological polar surface area (TPSA) is 82.8 Å². The summed E-state index contributed by atoms with van der Waals surface area (Å²) in [6.07, 6.45) is 0.435. The predicted octanol–water partition coefficient (Wildman–Crippen LogP) is 3.22. The summed E-state index contributed by atoms with van der Waals surface area (Å²) >= 11 is 1.52. The van der Waals surface area contributed by atoms with E-state index in [0.29, 0.717) is 6.42 Å². The first-order valence-corrected chi connectivity index (χ1v) is 9.75. The zero-order valence-corrected chi connectivity index (χ0v) is 14.9. The minimum atomic E-state index is -3.85. The lowest BCUT2D eigenvalue weighted by Gasteiger charge is -2.13. The minimum absolute atomic E-state index is 0.137. The zero-order chi connectivity index (χ0) is 18.0. The summed E-state index contributed by atoms with van der Waals surface area (Å²) < 4.78 is 41.8. The van der Waals surface area contributed by atoms with E-state index in [0.717, 1.165) is 33.4 Å². The molecule has 1 heterocycles. The lowest BCUT2D eigenvalue weighted by molar-refractivity contribution is 0.559. The van der Waals surface area contributed by atoms with E-state index >= 15 is 0 Å². The van der Waals surface area contributed by atoms with Crippen LogP contribution in [-0.2, 0) is 16.4 Å². The Labute approximate surface area is 148 Å². The highest BCUT2D eigenvalue weighted by atomic mass is 32.2. The molecule has 0 bridgehead atoms. The third-order valence-corrected chi connectivity index (χ3v) is 6.19. The SMILES string of the molecule is C[C@H](Cc1nc2ccccc2s1)NS(=O)(=O)c1ccc(F)c(C#N)c1. The van der Waals surface area contributed by atoms with Crippen LogP contribution in [0.4, 0.5) is 4.39 Å². The number of rotatable bonds is 5. The largest absolute Gasteiger partial charge is 0.241 e. The Hall–Kier alpha value is -2.34. The number of halogens is 1. The summed E-state index contributed by atoms with van der Waals surface area (Å²) in [5.74, 6) is -0.746. The van der Waals surface area contributed by atoms with Crippen LogP contribution in [0.5, 0.6) is 0 Å². The van der Waals surface area contributed by atoms with Crippen molar-refractivity contribution in [3.05, 3.63) is 58.9 Å². The van der Waals surface area contributed by atoms with Crippen LogP contribution in [0.2, 0.25) is 0 Å². The van der Waals surface area contributed by atoms with Crippen LogP contribution in [-0.4, -0.2) is 19.4 Å². The van der Waals surface area contributed by atoms with Gasteiger partial charge in [0.1, 0.15) is 11.9 Å². The second-order valence-corrected chi connectivity index (χ2v) is 8.38. The van der Waals surface area contributed by atoms with Gasteiger partial charge in [-0.05, 0) is 37.3 Å². The number of thiazole rings is 1. The summed E-state index contributed by atoms with van der Waals surface area (Å²) in [5.41, 5.74) is 0.580. The second-order valence-electron chi connectivity index (χ2n) is 5.56. The molecule has 0 aliphatic heterocycles. The van der Waals surface area contributed by atoms with Crippen molar-refractivity contribution in [3.63, 3.8) is 0 Å². The molecule has 25 heavy (non-hydrogen) atoms. The lowest BCUT2D eigenvalue weighted by Crippen LogP contribution is -2.34. The molecule has 3 aromatic rings. The van der Waals surface area contributed by atoms with Crippen molar-refractivity contribution in [3.8, 4) is 6.07 Å². The molecule has 5 nitrogen and oxygen atoms in total. The number of para-hydroxylation sites is 1. The van der Waals surface area contributed by atoms with E-state index in [1.807, 2.05) is 24.3 Å². The molecule has 1 atom stereocenters. The van der Waals surface area contributed by atoms with Crippen molar-refractivity contribution < 1.29 is 12.8 Å². The Bertz CT molecular complexity index is 1040. The Kier molecular flexibility index (Phi) is 4.81. The summed E-state index contributed by atoms with van der Waals surface area (Å²) in [6.45, 7) is 1.73. The van der Waals surface area contributed by atoms with Crippen molar-refractivity contribution >= 4 is 31.6 Å². The van der Waals surface area contributed by atoms with Gasteiger partial charge in [-0.15, -0.1) is 11.3 Å². The van der Waals surface area contributed by atoms with Gasteiger partial charge in [-0.2, -0.15) is 5.26 Å². The number of nitrogens with zero attached hydrogens (tertiary/aromatic N) is 2. The van der Waals surface area contributed by atoms with Crippen molar-refractivity contribution in [2.24, 2.45) is 0 Å². The molecule has 128 valence electrons. The molecule has 3 rings (SSSR count). The van der Waals surface area contributed by atoms with Gasteiger partial charge in [-0.3, -0.25) is 0 Å². The van der Waals surface area contributed by atoms with Crippen molar-refractivity contribution in [2.75, 3.05) is 0 Å². The first kappa shape index (κ1) is 17.5. The van der Waals surface area contributed by atoms with Crippen LogP contribution in [0.3, 0.4) is 0 Å². The van der Waals surface area contributed by atoms with Crippen LogP contribution in [0.1, 0.15) is 17.5 Å². The highest BCUT2D eigenvalue weighted by Crippen LogP contribution is 2.23. The summed E-state index contributed by atoms with van der Waals surface area (Å²) in [4.78, 5) is 4.35. The maximum atomic E-state index is 13.4. The molecule has 0 fully saturated rings.